The predicted octanol–water partition coefficient (Wildman–Crippen LogP) is 4.10. The van der Waals surface area contributed by atoms with Crippen molar-refractivity contribution in [1.29, 1.82) is 0 Å². The van der Waals surface area contributed by atoms with Crippen molar-refractivity contribution < 1.29 is 14.5 Å². The number of nitro benzene ring substituents is 1. The van der Waals surface area contributed by atoms with E-state index in [9.17, 15) is 14.9 Å². The molecule has 0 spiro atoms. The van der Waals surface area contributed by atoms with Crippen molar-refractivity contribution in [3.8, 4) is 5.75 Å². The van der Waals surface area contributed by atoms with Crippen LogP contribution >= 0.6 is 0 Å². The van der Waals surface area contributed by atoms with Gasteiger partial charge in [0.25, 0.3) is 11.6 Å². The van der Waals surface area contributed by atoms with Crippen molar-refractivity contribution in [1.82, 2.24) is 5.32 Å². The lowest BCUT2D eigenvalue weighted by Gasteiger charge is -2.19. The Morgan fingerprint density at radius 2 is 1.92 bits per heavy atom. The molecule has 0 bridgehead atoms. The van der Waals surface area contributed by atoms with Crippen molar-refractivity contribution in [2.45, 2.75) is 33.2 Å². The molecule has 25 heavy (non-hydrogen) atoms. The molecule has 0 saturated heterocycles. The molecule has 132 valence electrons. The molecular formula is C19H22N2O4. The molecule has 1 N–H and O–H groups in total. The third-order valence-corrected chi connectivity index (χ3v) is 4.20. The molecule has 0 saturated carbocycles. The van der Waals surface area contributed by atoms with Gasteiger partial charge in [0.15, 0.2) is 0 Å². The number of methoxy groups -OCH3 is 1. The molecule has 0 radical (unpaired) electrons. The van der Waals surface area contributed by atoms with Gasteiger partial charge in [0.1, 0.15) is 5.75 Å². The fourth-order valence-corrected chi connectivity index (χ4v) is 2.73. The SMILES string of the molecule is CC[C@H](NC(=O)c1ccc(C)c([N+](=O)[O-])c1)c1ccc(OC)c(C)c1. The molecule has 0 aromatic heterocycles. The smallest absolute Gasteiger partial charge is 0.273 e. The van der Waals surface area contributed by atoms with Gasteiger partial charge in [0, 0.05) is 17.2 Å². The van der Waals surface area contributed by atoms with Crippen LogP contribution in [0, 0.1) is 24.0 Å². The first kappa shape index (κ1) is 18.4. The number of amides is 1. The lowest BCUT2D eigenvalue weighted by molar-refractivity contribution is -0.385. The molecule has 2 aromatic carbocycles. The third kappa shape index (κ3) is 4.15. The number of hydrogen-bond donors (Lipinski definition) is 1. The second kappa shape index (κ2) is 7.79. The maximum absolute atomic E-state index is 12.5. The van der Waals surface area contributed by atoms with E-state index in [1.165, 1.54) is 6.07 Å². The summed E-state index contributed by atoms with van der Waals surface area (Å²) in [6, 6.07) is 10.1. The van der Waals surface area contributed by atoms with Crippen LogP contribution in [0.2, 0.25) is 0 Å². The van der Waals surface area contributed by atoms with Crippen LogP contribution in [0.15, 0.2) is 36.4 Å². The van der Waals surface area contributed by atoms with E-state index in [1.807, 2.05) is 32.0 Å². The molecule has 1 atom stereocenters. The average Bonchev–Trinajstić information content (AvgIpc) is 2.59. The number of nitrogens with zero attached hydrogens (tertiary/aromatic N) is 1. The van der Waals surface area contributed by atoms with Crippen LogP contribution in [0.1, 0.15) is 46.4 Å². The second-order valence-corrected chi connectivity index (χ2v) is 5.92. The lowest BCUT2D eigenvalue weighted by atomic mass is 10.0. The number of aryl methyl sites for hydroxylation is 2. The first-order chi connectivity index (χ1) is 11.9. The van der Waals surface area contributed by atoms with E-state index >= 15 is 0 Å². The molecule has 0 aliphatic carbocycles. The zero-order valence-corrected chi connectivity index (χ0v) is 14.8. The number of rotatable bonds is 6. The largest absolute Gasteiger partial charge is 0.496 e. The number of carbonyl (C=O) groups is 1. The lowest BCUT2D eigenvalue weighted by Crippen LogP contribution is -2.28. The summed E-state index contributed by atoms with van der Waals surface area (Å²) in [6.07, 6.45) is 0.700. The van der Waals surface area contributed by atoms with E-state index in [1.54, 1.807) is 26.2 Å². The van der Waals surface area contributed by atoms with Gasteiger partial charge in [-0.3, -0.25) is 14.9 Å². The van der Waals surface area contributed by atoms with E-state index in [4.69, 9.17) is 4.74 Å². The topological polar surface area (TPSA) is 81.5 Å². The maximum Gasteiger partial charge on any atom is 0.273 e. The molecule has 0 aliphatic heterocycles. The normalized spacial score (nSPS) is 11.7. The summed E-state index contributed by atoms with van der Waals surface area (Å²) in [7, 11) is 1.62. The molecule has 0 unspecified atom stereocenters. The van der Waals surface area contributed by atoms with Gasteiger partial charge in [-0.15, -0.1) is 0 Å². The minimum absolute atomic E-state index is 0.0546. The van der Waals surface area contributed by atoms with Crippen molar-refractivity contribution in [2.75, 3.05) is 7.11 Å². The minimum atomic E-state index is -0.476. The van der Waals surface area contributed by atoms with E-state index < -0.39 is 4.92 Å². The van der Waals surface area contributed by atoms with Crippen LogP contribution in [0.3, 0.4) is 0 Å². The van der Waals surface area contributed by atoms with Crippen molar-refractivity contribution in [3.05, 3.63) is 68.8 Å². The highest BCUT2D eigenvalue weighted by Gasteiger charge is 2.18. The molecule has 0 fully saturated rings. The molecule has 1 amide bonds. The van der Waals surface area contributed by atoms with Gasteiger partial charge in [-0.2, -0.15) is 0 Å². The third-order valence-electron chi connectivity index (χ3n) is 4.20. The van der Waals surface area contributed by atoms with Gasteiger partial charge >= 0.3 is 0 Å². The van der Waals surface area contributed by atoms with Crippen molar-refractivity contribution in [3.63, 3.8) is 0 Å². The molecule has 2 aromatic rings. The summed E-state index contributed by atoms with van der Waals surface area (Å²) in [6.45, 7) is 5.57. The van der Waals surface area contributed by atoms with Gasteiger partial charge in [0.05, 0.1) is 18.1 Å². The Hall–Kier alpha value is -2.89. The Bertz CT molecular complexity index is 802. The molecule has 6 nitrogen and oxygen atoms in total. The van der Waals surface area contributed by atoms with E-state index in [0.717, 1.165) is 16.9 Å². The summed E-state index contributed by atoms with van der Waals surface area (Å²) >= 11 is 0. The van der Waals surface area contributed by atoms with Gasteiger partial charge in [-0.05, 0) is 43.5 Å². The Morgan fingerprint density at radius 1 is 1.20 bits per heavy atom. The zero-order chi connectivity index (χ0) is 18.6. The summed E-state index contributed by atoms with van der Waals surface area (Å²) < 4.78 is 5.26. The second-order valence-electron chi connectivity index (χ2n) is 5.92. The molecule has 0 aliphatic rings. The highest BCUT2D eigenvalue weighted by atomic mass is 16.6. The van der Waals surface area contributed by atoms with Crippen LogP contribution < -0.4 is 10.1 Å². The summed E-state index contributed by atoms with van der Waals surface area (Å²) in [4.78, 5) is 23.1. The Labute approximate surface area is 147 Å². The number of hydrogen-bond acceptors (Lipinski definition) is 4. The predicted molar refractivity (Wildman–Crippen MR) is 96.1 cm³/mol. The van der Waals surface area contributed by atoms with Crippen LogP contribution in [0.5, 0.6) is 5.75 Å². The molecule has 0 heterocycles. The van der Waals surface area contributed by atoms with Crippen LogP contribution in [0.4, 0.5) is 5.69 Å². The van der Waals surface area contributed by atoms with Crippen LogP contribution in [0.25, 0.3) is 0 Å². The first-order valence-corrected chi connectivity index (χ1v) is 8.07. The Kier molecular flexibility index (Phi) is 5.75. The monoisotopic (exact) mass is 342 g/mol. The van der Waals surface area contributed by atoms with Crippen LogP contribution in [-0.2, 0) is 0 Å². The van der Waals surface area contributed by atoms with E-state index in [-0.39, 0.29) is 23.2 Å². The number of ether oxygens (including phenoxy) is 1. The van der Waals surface area contributed by atoms with Gasteiger partial charge in [-0.25, -0.2) is 0 Å². The highest BCUT2D eigenvalue weighted by molar-refractivity contribution is 5.95. The number of carbonyl (C=O) groups excluding carboxylic acids is 1. The standard InChI is InChI=1S/C19H22N2O4/c1-5-16(14-8-9-18(25-4)13(3)10-14)20-19(22)15-7-6-12(2)17(11-15)21(23)24/h6-11,16H,5H2,1-4H3,(H,20,22)/t16-/m0/s1. The van der Waals surface area contributed by atoms with E-state index in [2.05, 4.69) is 5.32 Å². The highest BCUT2D eigenvalue weighted by Crippen LogP contribution is 2.25. The fourth-order valence-electron chi connectivity index (χ4n) is 2.73. The number of nitrogens with one attached hydrogen (secondary N) is 1. The van der Waals surface area contributed by atoms with Gasteiger partial charge < -0.3 is 10.1 Å². The van der Waals surface area contributed by atoms with Gasteiger partial charge in [0.2, 0.25) is 0 Å². The molecule has 2 rings (SSSR count). The minimum Gasteiger partial charge on any atom is -0.496 e. The summed E-state index contributed by atoms with van der Waals surface area (Å²) in [5.41, 5.74) is 2.70. The van der Waals surface area contributed by atoms with Gasteiger partial charge in [-0.1, -0.05) is 25.1 Å². The average molecular weight is 342 g/mol. The molecule has 6 heteroatoms. The summed E-state index contributed by atoms with van der Waals surface area (Å²) in [5.74, 6) is 0.461. The van der Waals surface area contributed by atoms with E-state index in [0.29, 0.717) is 12.0 Å². The molecular weight excluding hydrogens is 320 g/mol. The van der Waals surface area contributed by atoms with Crippen molar-refractivity contribution >= 4 is 11.6 Å². The summed E-state index contributed by atoms with van der Waals surface area (Å²) in [5, 5.41) is 14.0. The van der Waals surface area contributed by atoms with Crippen molar-refractivity contribution in [2.24, 2.45) is 0 Å². The zero-order valence-electron chi connectivity index (χ0n) is 14.8. The Morgan fingerprint density at radius 3 is 2.48 bits per heavy atom. The quantitative estimate of drug-likeness (QED) is 0.633. The van der Waals surface area contributed by atoms with Crippen LogP contribution in [-0.4, -0.2) is 17.9 Å². The fraction of sp³-hybridized carbons (Fsp3) is 0.316. The maximum atomic E-state index is 12.5. The Balaban J connectivity index is 2.24. The first-order valence-electron chi connectivity index (χ1n) is 8.07. The number of nitro groups is 1. The number of benzene rings is 2.